The molecule has 2 aromatic rings. The van der Waals surface area contributed by atoms with Crippen LogP contribution in [0.2, 0.25) is 0 Å². The highest BCUT2D eigenvalue weighted by atomic mass is 16.5. The van der Waals surface area contributed by atoms with Gasteiger partial charge in [0.15, 0.2) is 11.5 Å². The molecule has 0 bridgehead atoms. The second kappa shape index (κ2) is 6.28. The molecule has 0 saturated carbocycles. The van der Waals surface area contributed by atoms with E-state index in [9.17, 15) is 5.11 Å². The normalized spacial score (nSPS) is 16.9. The van der Waals surface area contributed by atoms with Crippen LogP contribution >= 0.6 is 0 Å². The summed E-state index contributed by atoms with van der Waals surface area (Å²) in [5, 5.41) is 13.2. The Labute approximate surface area is 130 Å². The maximum atomic E-state index is 9.64. The molecule has 0 saturated heterocycles. The zero-order valence-corrected chi connectivity index (χ0v) is 12.9. The molecule has 22 heavy (non-hydrogen) atoms. The summed E-state index contributed by atoms with van der Waals surface area (Å²) in [4.78, 5) is 0. The van der Waals surface area contributed by atoms with Crippen LogP contribution in [0.25, 0.3) is 0 Å². The van der Waals surface area contributed by atoms with Crippen LogP contribution in [0.5, 0.6) is 17.2 Å². The second-order valence-corrected chi connectivity index (χ2v) is 5.53. The number of aromatic hydroxyl groups is 1. The molecule has 2 aromatic carbocycles. The summed E-state index contributed by atoms with van der Waals surface area (Å²) in [5.41, 5.74) is 3.68. The zero-order valence-electron chi connectivity index (χ0n) is 12.9. The Hall–Kier alpha value is -2.20. The Bertz CT molecular complexity index is 669. The van der Waals surface area contributed by atoms with E-state index in [1.54, 1.807) is 20.3 Å². The lowest BCUT2D eigenvalue weighted by atomic mass is 9.90. The topological polar surface area (TPSA) is 50.7 Å². The summed E-state index contributed by atoms with van der Waals surface area (Å²) in [6.07, 6.45) is 1.82. The molecule has 3 rings (SSSR count). The van der Waals surface area contributed by atoms with Crippen molar-refractivity contribution < 1.29 is 14.6 Å². The van der Waals surface area contributed by atoms with E-state index in [-0.39, 0.29) is 6.04 Å². The maximum absolute atomic E-state index is 9.64. The zero-order chi connectivity index (χ0) is 15.5. The number of methoxy groups -OCH3 is 2. The first-order chi connectivity index (χ1) is 10.7. The Morgan fingerprint density at radius 2 is 1.91 bits per heavy atom. The molecular formula is C18H21NO3. The van der Waals surface area contributed by atoms with E-state index in [0.717, 1.165) is 30.9 Å². The number of phenols is 1. The number of ether oxygens (including phenoxy) is 2. The van der Waals surface area contributed by atoms with Crippen molar-refractivity contribution in [3.8, 4) is 17.2 Å². The van der Waals surface area contributed by atoms with Gasteiger partial charge in [-0.3, -0.25) is 0 Å². The summed E-state index contributed by atoms with van der Waals surface area (Å²) >= 11 is 0. The molecule has 116 valence electrons. The molecule has 4 heteroatoms. The molecule has 0 amide bonds. The SMILES string of the molecule is COc1ccc(CC2NCCc3cc(O)ccc32)cc1OC. The molecule has 0 aromatic heterocycles. The number of phenolic OH excluding ortho intramolecular Hbond substituents is 1. The third-order valence-electron chi connectivity index (χ3n) is 4.17. The van der Waals surface area contributed by atoms with Crippen LogP contribution in [0.4, 0.5) is 0 Å². The van der Waals surface area contributed by atoms with Crippen LogP contribution in [0.3, 0.4) is 0 Å². The first kappa shape index (κ1) is 14.7. The maximum Gasteiger partial charge on any atom is 0.160 e. The average molecular weight is 299 g/mol. The summed E-state index contributed by atoms with van der Waals surface area (Å²) in [5.74, 6) is 1.83. The molecule has 1 heterocycles. The summed E-state index contributed by atoms with van der Waals surface area (Å²) in [6, 6.07) is 11.9. The molecule has 1 atom stereocenters. The highest BCUT2D eigenvalue weighted by molar-refractivity contribution is 5.44. The van der Waals surface area contributed by atoms with Crippen molar-refractivity contribution in [1.29, 1.82) is 0 Å². The molecule has 0 aliphatic carbocycles. The molecule has 2 N–H and O–H groups in total. The average Bonchev–Trinajstić information content (AvgIpc) is 2.54. The molecule has 0 spiro atoms. The summed E-state index contributed by atoms with van der Waals surface area (Å²) < 4.78 is 10.7. The van der Waals surface area contributed by atoms with Crippen molar-refractivity contribution in [2.75, 3.05) is 20.8 Å². The first-order valence-corrected chi connectivity index (χ1v) is 7.47. The third kappa shape index (κ3) is 2.88. The van der Waals surface area contributed by atoms with E-state index >= 15 is 0 Å². The Morgan fingerprint density at radius 1 is 1.09 bits per heavy atom. The fourth-order valence-corrected chi connectivity index (χ4v) is 3.07. The van der Waals surface area contributed by atoms with Gasteiger partial charge in [-0.2, -0.15) is 0 Å². The van der Waals surface area contributed by atoms with Gasteiger partial charge >= 0.3 is 0 Å². The lowest BCUT2D eigenvalue weighted by Crippen LogP contribution is -2.31. The largest absolute Gasteiger partial charge is 0.508 e. The van der Waals surface area contributed by atoms with Gasteiger partial charge in [0.25, 0.3) is 0 Å². The molecule has 0 radical (unpaired) electrons. The minimum absolute atomic E-state index is 0.252. The highest BCUT2D eigenvalue weighted by Crippen LogP contribution is 2.32. The molecule has 0 fully saturated rings. The number of fused-ring (bicyclic) bond motifs is 1. The van der Waals surface area contributed by atoms with Gasteiger partial charge < -0.3 is 19.9 Å². The molecule has 1 aliphatic rings. The van der Waals surface area contributed by atoms with Gasteiger partial charge in [-0.15, -0.1) is 0 Å². The lowest BCUT2D eigenvalue weighted by Gasteiger charge is -2.27. The van der Waals surface area contributed by atoms with Crippen molar-refractivity contribution in [2.45, 2.75) is 18.9 Å². The predicted molar refractivity (Wildman–Crippen MR) is 85.8 cm³/mol. The van der Waals surface area contributed by atoms with Gasteiger partial charge in [-0.05, 0) is 60.3 Å². The van der Waals surface area contributed by atoms with Crippen molar-refractivity contribution in [1.82, 2.24) is 5.32 Å². The lowest BCUT2D eigenvalue weighted by molar-refractivity contribution is 0.354. The molecule has 4 nitrogen and oxygen atoms in total. The summed E-state index contributed by atoms with van der Waals surface area (Å²) in [6.45, 7) is 0.925. The molecular weight excluding hydrogens is 278 g/mol. The quantitative estimate of drug-likeness (QED) is 0.911. The van der Waals surface area contributed by atoms with Crippen LogP contribution in [0, 0.1) is 0 Å². The van der Waals surface area contributed by atoms with E-state index in [1.807, 2.05) is 24.3 Å². The van der Waals surface area contributed by atoms with Gasteiger partial charge in [-0.25, -0.2) is 0 Å². The van der Waals surface area contributed by atoms with Crippen LogP contribution in [0.15, 0.2) is 36.4 Å². The van der Waals surface area contributed by atoms with Crippen LogP contribution in [0.1, 0.15) is 22.7 Å². The van der Waals surface area contributed by atoms with E-state index < -0.39 is 0 Å². The predicted octanol–water partition coefficient (Wildman–Crippen LogP) is 2.84. The van der Waals surface area contributed by atoms with Crippen LogP contribution < -0.4 is 14.8 Å². The van der Waals surface area contributed by atoms with Crippen LogP contribution in [-0.2, 0) is 12.8 Å². The number of hydrogen-bond donors (Lipinski definition) is 2. The van der Waals surface area contributed by atoms with Gasteiger partial charge in [0.05, 0.1) is 14.2 Å². The van der Waals surface area contributed by atoms with E-state index in [1.165, 1.54) is 16.7 Å². The van der Waals surface area contributed by atoms with Gasteiger partial charge in [0.2, 0.25) is 0 Å². The number of hydrogen-bond acceptors (Lipinski definition) is 4. The van der Waals surface area contributed by atoms with Gasteiger partial charge in [0.1, 0.15) is 5.75 Å². The molecule has 1 unspecified atom stereocenters. The highest BCUT2D eigenvalue weighted by Gasteiger charge is 2.20. The van der Waals surface area contributed by atoms with E-state index in [2.05, 4.69) is 11.4 Å². The Kier molecular flexibility index (Phi) is 4.20. The minimum Gasteiger partial charge on any atom is -0.508 e. The Balaban J connectivity index is 1.85. The fraction of sp³-hybridized carbons (Fsp3) is 0.333. The number of rotatable bonds is 4. The number of nitrogens with one attached hydrogen (secondary N) is 1. The minimum atomic E-state index is 0.252. The van der Waals surface area contributed by atoms with Gasteiger partial charge in [-0.1, -0.05) is 12.1 Å². The third-order valence-corrected chi connectivity index (χ3v) is 4.17. The van der Waals surface area contributed by atoms with Crippen molar-refractivity contribution in [2.24, 2.45) is 0 Å². The molecule has 1 aliphatic heterocycles. The monoisotopic (exact) mass is 299 g/mol. The Morgan fingerprint density at radius 3 is 2.68 bits per heavy atom. The standard InChI is InChI=1S/C18H21NO3/c1-21-17-6-3-12(10-18(17)22-2)9-16-15-5-4-14(20)11-13(15)7-8-19-16/h3-6,10-11,16,19-20H,7-9H2,1-2H3. The second-order valence-electron chi connectivity index (χ2n) is 5.53. The van der Waals surface area contributed by atoms with Crippen molar-refractivity contribution >= 4 is 0 Å². The van der Waals surface area contributed by atoms with E-state index in [4.69, 9.17) is 9.47 Å². The summed E-state index contributed by atoms with van der Waals surface area (Å²) in [7, 11) is 3.29. The van der Waals surface area contributed by atoms with E-state index in [0.29, 0.717) is 5.75 Å². The fourth-order valence-electron chi connectivity index (χ4n) is 3.07. The van der Waals surface area contributed by atoms with Gasteiger partial charge in [0, 0.05) is 6.04 Å². The van der Waals surface area contributed by atoms with Crippen LogP contribution in [-0.4, -0.2) is 25.9 Å². The number of benzene rings is 2. The van der Waals surface area contributed by atoms with Crippen molar-refractivity contribution in [3.63, 3.8) is 0 Å². The first-order valence-electron chi connectivity index (χ1n) is 7.47. The van der Waals surface area contributed by atoms with Crippen molar-refractivity contribution in [3.05, 3.63) is 53.1 Å². The smallest absolute Gasteiger partial charge is 0.160 e.